The van der Waals surface area contributed by atoms with Crippen molar-refractivity contribution >= 4 is 28.2 Å². The number of hydrogen-bond donors (Lipinski definition) is 1. The van der Waals surface area contributed by atoms with Gasteiger partial charge in [0, 0.05) is 23.3 Å². The molecule has 0 aliphatic carbocycles. The number of thiazole rings is 1. The summed E-state index contributed by atoms with van der Waals surface area (Å²) in [6, 6.07) is 11.0. The number of anilines is 1. The van der Waals surface area contributed by atoms with Gasteiger partial charge in [0.1, 0.15) is 17.3 Å². The number of aromatic nitrogens is 1. The van der Waals surface area contributed by atoms with Crippen LogP contribution in [0.2, 0.25) is 0 Å². The average Bonchev–Trinajstić information content (AvgIpc) is 3.11. The second-order valence-corrected chi connectivity index (χ2v) is 7.67. The van der Waals surface area contributed by atoms with Crippen LogP contribution in [-0.4, -0.2) is 30.9 Å². The number of ketones is 1. The average molecular weight is 428 g/mol. The molecule has 3 rings (SSSR count). The third-order valence-corrected chi connectivity index (χ3v) is 5.33. The Morgan fingerprint density at radius 2 is 1.80 bits per heavy atom. The molecule has 0 unspecified atom stereocenters. The molecule has 3 aromatic rings. The van der Waals surface area contributed by atoms with Crippen molar-refractivity contribution in [3.05, 3.63) is 58.7 Å². The number of benzene rings is 2. The molecule has 0 aliphatic rings. The van der Waals surface area contributed by atoms with Crippen LogP contribution in [0.5, 0.6) is 11.5 Å². The summed E-state index contributed by atoms with van der Waals surface area (Å²) < 4.78 is 23.5. The molecule has 0 saturated carbocycles. The summed E-state index contributed by atoms with van der Waals surface area (Å²) in [7, 11) is 2.99. The SMILES string of the molecule is COc1ccc(OC)c(C(=O)CCC(=O)Nc2nc(-c3ccc(F)cc3)c(C)s2)c1. The van der Waals surface area contributed by atoms with Crippen molar-refractivity contribution < 1.29 is 23.5 Å². The summed E-state index contributed by atoms with van der Waals surface area (Å²) in [5.41, 5.74) is 1.83. The van der Waals surface area contributed by atoms with Crippen LogP contribution in [0.25, 0.3) is 11.3 Å². The van der Waals surface area contributed by atoms with E-state index in [1.807, 2.05) is 6.92 Å². The number of rotatable bonds is 8. The largest absolute Gasteiger partial charge is 0.497 e. The number of nitrogens with zero attached hydrogens (tertiary/aromatic N) is 1. The fraction of sp³-hybridized carbons (Fsp3) is 0.227. The van der Waals surface area contributed by atoms with Crippen molar-refractivity contribution in [2.45, 2.75) is 19.8 Å². The zero-order valence-electron chi connectivity index (χ0n) is 16.8. The predicted octanol–water partition coefficient (Wildman–Crippen LogP) is 4.88. The number of carbonyl (C=O) groups is 2. The first-order chi connectivity index (χ1) is 14.4. The van der Waals surface area contributed by atoms with E-state index in [0.717, 1.165) is 10.4 Å². The molecule has 0 spiro atoms. The van der Waals surface area contributed by atoms with Crippen molar-refractivity contribution in [2.24, 2.45) is 0 Å². The third-order valence-electron chi connectivity index (χ3n) is 4.45. The Labute approximate surface area is 177 Å². The van der Waals surface area contributed by atoms with Gasteiger partial charge in [0.25, 0.3) is 0 Å². The summed E-state index contributed by atoms with van der Waals surface area (Å²) in [4.78, 5) is 30.2. The van der Waals surface area contributed by atoms with Crippen LogP contribution in [-0.2, 0) is 4.79 Å². The Morgan fingerprint density at radius 3 is 2.47 bits per heavy atom. The van der Waals surface area contributed by atoms with Gasteiger partial charge in [-0.1, -0.05) is 0 Å². The van der Waals surface area contributed by atoms with Crippen LogP contribution in [0.4, 0.5) is 9.52 Å². The van der Waals surface area contributed by atoms with Gasteiger partial charge in [-0.3, -0.25) is 9.59 Å². The smallest absolute Gasteiger partial charge is 0.226 e. The second kappa shape index (κ2) is 9.49. The molecule has 1 heterocycles. The summed E-state index contributed by atoms with van der Waals surface area (Å²) in [6.07, 6.45) is 0.0221. The minimum atomic E-state index is -0.322. The molecule has 1 aromatic heterocycles. The zero-order valence-corrected chi connectivity index (χ0v) is 17.6. The standard InChI is InChI=1S/C22H21FN2O4S/c1-13-21(14-4-6-15(23)7-5-14)25-22(30-13)24-20(27)11-9-18(26)17-12-16(28-2)8-10-19(17)29-3/h4-8,10,12H,9,11H2,1-3H3,(H,24,25,27). The molecule has 0 fully saturated rings. The lowest BCUT2D eigenvalue weighted by molar-refractivity contribution is -0.116. The lowest BCUT2D eigenvalue weighted by Gasteiger charge is -2.09. The summed E-state index contributed by atoms with van der Waals surface area (Å²) in [5, 5.41) is 3.16. The van der Waals surface area contributed by atoms with E-state index in [1.54, 1.807) is 30.3 Å². The topological polar surface area (TPSA) is 77.5 Å². The lowest BCUT2D eigenvalue weighted by atomic mass is 10.0. The number of aryl methyl sites for hydroxylation is 1. The highest BCUT2D eigenvalue weighted by atomic mass is 32.1. The normalized spacial score (nSPS) is 10.5. The van der Waals surface area contributed by atoms with E-state index in [-0.39, 0.29) is 30.3 Å². The first-order valence-electron chi connectivity index (χ1n) is 9.19. The van der Waals surface area contributed by atoms with Crippen molar-refractivity contribution in [3.63, 3.8) is 0 Å². The Bertz CT molecular complexity index is 1060. The molecule has 156 valence electrons. The fourth-order valence-electron chi connectivity index (χ4n) is 2.90. The molecule has 0 bridgehead atoms. The van der Waals surface area contributed by atoms with Gasteiger partial charge in [0.05, 0.1) is 25.5 Å². The van der Waals surface area contributed by atoms with E-state index >= 15 is 0 Å². The number of hydrogen-bond acceptors (Lipinski definition) is 6. The molecular weight excluding hydrogens is 407 g/mol. The van der Waals surface area contributed by atoms with Crippen LogP contribution in [0.3, 0.4) is 0 Å². The number of nitrogens with one attached hydrogen (secondary N) is 1. The van der Waals surface area contributed by atoms with Crippen LogP contribution < -0.4 is 14.8 Å². The van der Waals surface area contributed by atoms with E-state index in [2.05, 4.69) is 10.3 Å². The molecule has 0 aliphatic heterocycles. The number of amides is 1. The van der Waals surface area contributed by atoms with Gasteiger partial charge in [-0.25, -0.2) is 9.37 Å². The van der Waals surface area contributed by atoms with Gasteiger partial charge >= 0.3 is 0 Å². The van der Waals surface area contributed by atoms with E-state index < -0.39 is 0 Å². The molecule has 0 radical (unpaired) electrons. The minimum Gasteiger partial charge on any atom is -0.497 e. The Morgan fingerprint density at radius 1 is 1.07 bits per heavy atom. The lowest BCUT2D eigenvalue weighted by Crippen LogP contribution is -2.13. The molecular formula is C22H21FN2O4S. The monoisotopic (exact) mass is 428 g/mol. The molecule has 1 N–H and O–H groups in total. The molecule has 30 heavy (non-hydrogen) atoms. The van der Waals surface area contributed by atoms with Gasteiger partial charge in [0.15, 0.2) is 10.9 Å². The van der Waals surface area contributed by atoms with Crippen molar-refractivity contribution in [2.75, 3.05) is 19.5 Å². The third kappa shape index (κ3) is 5.01. The van der Waals surface area contributed by atoms with E-state index in [0.29, 0.717) is 27.9 Å². The van der Waals surface area contributed by atoms with E-state index in [4.69, 9.17) is 9.47 Å². The van der Waals surface area contributed by atoms with Crippen LogP contribution in [0, 0.1) is 12.7 Å². The van der Waals surface area contributed by atoms with E-state index in [9.17, 15) is 14.0 Å². The number of methoxy groups -OCH3 is 2. The minimum absolute atomic E-state index is 0.00368. The van der Waals surface area contributed by atoms with Crippen LogP contribution in [0.1, 0.15) is 28.1 Å². The highest BCUT2D eigenvalue weighted by Gasteiger charge is 2.17. The number of Topliss-reactive ketones (excluding diaryl/α,β-unsaturated/α-hetero) is 1. The Balaban J connectivity index is 1.63. The molecule has 2 aromatic carbocycles. The molecule has 8 heteroatoms. The molecule has 0 saturated heterocycles. The number of carbonyl (C=O) groups excluding carboxylic acids is 2. The van der Waals surface area contributed by atoms with Gasteiger partial charge < -0.3 is 14.8 Å². The first-order valence-corrected chi connectivity index (χ1v) is 10.0. The first kappa shape index (κ1) is 21.4. The Kier molecular flexibility index (Phi) is 6.79. The van der Waals surface area contributed by atoms with Gasteiger partial charge in [-0.15, -0.1) is 11.3 Å². The number of halogens is 1. The van der Waals surface area contributed by atoms with Gasteiger partial charge in [-0.2, -0.15) is 0 Å². The zero-order chi connectivity index (χ0) is 21.7. The Hall–Kier alpha value is -3.26. The predicted molar refractivity (Wildman–Crippen MR) is 114 cm³/mol. The fourth-order valence-corrected chi connectivity index (χ4v) is 3.75. The van der Waals surface area contributed by atoms with Crippen molar-refractivity contribution in [3.8, 4) is 22.8 Å². The molecule has 1 amide bonds. The molecule has 0 atom stereocenters. The van der Waals surface area contributed by atoms with Gasteiger partial charge in [0.2, 0.25) is 5.91 Å². The summed E-state index contributed by atoms with van der Waals surface area (Å²) >= 11 is 1.33. The van der Waals surface area contributed by atoms with Crippen molar-refractivity contribution in [1.82, 2.24) is 4.98 Å². The second-order valence-electron chi connectivity index (χ2n) is 6.47. The maximum absolute atomic E-state index is 13.1. The molecule has 6 nitrogen and oxygen atoms in total. The maximum Gasteiger partial charge on any atom is 0.226 e. The van der Waals surface area contributed by atoms with Crippen LogP contribution in [0.15, 0.2) is 42.5 Å². The van der Waals surface area contributed by atoms with E-state index in [1.165, 1.54) is 37.7 Å². The quantitative estimate of drug-likeness (QED) is 0.518. The maximum atomic E-state index is 13.1. The highest BCUT2D eigenvalue weighted by Crippen LogP contribution is 2.31. The summed E-state index contributed by atoms with van der Waals surface area (Å²) in [5.74, 6) is 0.112. The number of ether oxygens (including phenoxy) is 2. The van der Waals surface area contributed by atoms with Crippen LogP contribution >= 0.6 is 11.3 Å². The highest BCUT2D eigenvalue weighted by molar-refractivity contribution is 7.16. The van der Waals surface area contributed by atoms with Gasteiger partial charge in [-0.05, 0) is 49.4 Å². The summed E-state index contributed by atoms with van der Waals surface area (Å²) in [6.45, 7) is 1.88. The van der Waals surface area contributed by atoms with Crippen molar-refractivity contribution in [1.29, 1.82) is 0 Å².